The van der Waals surface area contributed by atoms with Crippen molar-refractivity contribution in [1.29, 1.82) is 0 Å². The lowest BCUT2D eigenvalue weighted by atomic mass is 9.91. The minimum Gasteiger partial charge on any atom is -0.332 e. The molecule has 0 unspecified atom stereocenters. The zero-order valence-corrected chi connectivity index (χ0v) is 11.4. The van der Waals surface area contributed by atoms with E-state index in [2.05, 4.69) is 56.8 Å². The number of nitrogens with one attached hydrogen (secondary N) is 1. The fraction of sp³-hybridized carbons (Fsp3) is 0.833. The first kappa shape index (κ1) is 14.1. The summed E-state index contributed by atoms with van der Waals surface area (Å²) in [6.07, 6.45) is 0. The average Bonchev–Trinajstić information content (AvgIpc) is 2.01. The lowest BCUT2D eigenvalue weighted by Crippen LogP contribution is -2.44. The molecule has 0 heterocycles. The quantitative estimate of drug-likeness (QED) is 0.485. The largest absolute Gasteiger partial charge is 0.332 e. The van der Waals surface area contributed by atoms with E-state index in [1.807, 2.05) is 14.1 Å². The molecule has 0 saturated heterocycles. The van der Waals surface area contributed by atoms with Crippen LogP contribution in [0.2, 0.25) is 0 Å². The minimum absolute atomic E-state index is 0.0237. The number of hydrogen-bond acceptors (Lipinski definition) is 2. The van der Waals surface area contributed by atoms with Gasteiger partial charge in [-0.25, -0.2) is 0 Å². The fourth-order valence-electron chi connectivity index (χ4n) is 1.27. The van der Waals surface area contributed by atoms with E-state index in [1.165, 1.54) is 0 Å². The van der Waals surface area contributed by atoms with Crippen LogP contribution in [-0.4, -0.2) is 25.8 Å². The second kappa shape index (κ2) is 4.77. The highest BCUT2D eigenvalue weighted by Gasteiger charge is 2.24. The summed E-state index contributed by atoms with van der Waals surface area (Å²) in [6.45, 7) is 12.8. The maximum atomic E-state index is 4.29. The third-order valence-corrected chi connectivity index (χ3v) is 2.10. The summed E-state index contributed by atoms with van der Waals surface area (Å²) in [5, 5.41) is 3.33. The van der Waals surface area contributed by atoms with Crippen molar-refractivity contribution in [2.24, 2.45) is 20.8 Å². The maximum Gasteiger partial charge on any atom is 0.107 e. The highest BCUT2D eigenvalue weighted by atomic mass is 15.1. The van der Waals surface area contributed by atoms with Crippen LogP contribution in [0.5, 0.6) is 0 Å². The molecule has 3 nitrogen and oxygen atoms in total. The van der Waals surface area contributed by atoms with E-state index >= 15 is 0 Å². The predicted octanol–water partition coefficient (Wildman–Crippen LogP) is 2.72. The Labute approximate surface area is 94.1 Å². The summed E-state index contributed by atoms with van der Waals surface area (Å²) >= 11 is 0. The van der Waals surface area contributed by atoms with E-state index in [0.717, 1.165) is 11.7 Å². The Bertz CT molecular complexity index is 234. The van der Waals surface area contributed by atoms with Crippen LogP contribution in [0.25, 0.3) is 0 Å². The molecule has 0 aromatic carbocycles. The summed E-state index contributed by atoms with van der Waals surface area (Å²) in [5.74, 6) is 1.94. The SMILES string of the molecule is CN=C(NC(=NC)C(C)(C)C)C(C)(C)C. The van der Waals surface area contributed by atoms with Gasteiger partial charge in [-0.2, -0.15) is 0 Å². The van der Waals surface area contributed by atoms with Gasteiger partial charge in [0.1, 0.15) is 11.7 Å². The first-order valence-corrected chi connectivity index (χ1v) is 5.34. The smallest absolute Gasteiger partial charge is 0.107 e. The summed E-state index contributed by atoms with van der Waals surface area (Å²) in [4.78, 5) is 8.57. The Morgan fingerprint density at radius 3 is 1.13 bits per heavy atom. The second-order valence-electron chi connectivity index (χ2n) is 5.77. The van der Waals surface area contributed by atoms with Crippen LogP contribution in [0.4, 0.5) is 0 Å². The minimum atomic E-state index is 0.0237. The molecule has 0 aliphatic heterocycles. The van der Waals surface area contributed by atoms with Crippen molar-refractivity contribution < 1.29 is 0 Å². The second-order valence-corrected chi connectivity index (χ2v) is 5.77. The average molecular weight is 211 g/mol. The molecule has 0 aliphatic rings. The van der Waals surface area contributed by atoms with Crippen molar-refractivity contribution in [2.75, 3.05) is 14.1 Å². The molecule has 15 heavy (non-hydrogen) atoms. The summed E-state index contributed by atoms with van der Waals surface area (Å²) in [5.41, 5.74) is 0.0475. The van der Waals surface area contributed by atoms with E-state index < -0.39 is 0 Å². The molecule has 0 rings (SSSR count). The monoisotopic (exact) mass is 211 g/mol. The lowest BCUT2D eigenvalue weighted by Gasteiger charge is -2.28. The van der Waals surface area contributed by atoms with Crippen LogP contribution in [0, 0.1) is 10.8 Å². The van der Waals surface area contributed by atoms with Gasteiger partial charge in [-0.3, -0.25) is 9.98 Å². The van der Waals surface area contributed by atoms with Gasteiger partial charge in [0.2, 0.25) is 0 Å². The highest BCUT2D eigenvalue weighted by Crippen LogP contribution is 2.18. The van der Waals surface area contributed by atoms with Crippen LogP contribution >= 0.6 is 0 Å². The van der Waals surface area contributed by atoms with E-state index in [4.69, 9.17) is 0 Å². The molecule has 3 heteroatoms. The van der Waals surface area contributed by atoms with Crippen LogP contribution in [0.3, 0.4) is 0 Å². The van der Waals surface area contributed by atoms with Crippen molar-refractivity contribution >= 4 is 11.7 Å². The van der Waals surface area contributed by atoms with Gasteiger partial charge >= 0.3 is 0 Å². The van der Waals surface area contributed by atoms with Gasteiger partial charge in [0.25, 0.3) is 0 Å². The molecule has 0 bridgehead atoms. The Kier molecular flexibility index (Phi) is 4.50. The normalized spacial score (nSPS) is 15.5. The van der Waals surface area contributed by atoms with Crippen LogP contribution < -0.4 is 5.32 Å². The predicted molar refractivity (Wildman–Crippen MR) is 68.8 cm³/mol. The van der Waals surface area contributed by atoms with Crippen LogP contribution in [0.1, 0.15) is 41.5 Å². The molecular formula is C12H25N3. The third kappa shape index (κ3) is 4.45. The van der Waals surface area contributed by atoms with Gasteiger partial charge in [-0.05, 0) is 0 Å². The molecule has 1 N–H and O–H groups in total. The first-order chi connectivity index (χ1) is 6.62. The molecule has 0 radical (unpaired) electrons. The molecule has 0 aliphatic carbocycles. The third-order valence-electron chi connectivity index (χ3n) is 2.10. The zero-order valence-electron chi connectivity index (χ0n) is 11.4. The van der Waals surface area contributed by atoms with Gasteiger partial charge in [-0.1, -0.05) is 41.5 Å². The van der Waals surface area contributed by atoms with Crippen molar-refractivity contribution in [2.45, 2.75) is 41.5 Å². The number of aliphatic imine (C=N–C) groups is 2. The topological polar surface area (TPSA) is 36.8 Å². The molecule has 0 fully saturated rings. The Morgan fingerprint density at radius 1 is 0.733 bits per heavy atom. The number of amidine groups is 2. The fourth-order valence-corrected chi connectivity index (χ4v) is 1.27. The Morgan fingerprint density at radius 2 is 1.00 bits per heavy atom. The van der Waals surface area contributed by atoms with E-state index in [9.17, 15) is 0 Å². The van der Waals surface area contributed by atoms with Gasteiger partial charge in [0, 0.05) is 24.9 Å². The molecule has 0 saturated carbocycles. The molecule has 0 spiro atoms. The molecule has 0 aromatic rings. The van der Waals surface area contributed by atoms with Crippen molar-refractivity contribution in [3.8, 4) is 0 Å². The standard InChI is InChI=1S/C12H25N3/c1-11(2,3)9(13-7)15-10(14-8)12(4,5)6/h1-8H3,(H,13,14,15). The Balaban J connectivity index is 4.87. The van der Waals surface area contributed by atoms with Crippen LogP contribution in [-0.2, 0) is 0 Å². The van der Waals surface area contributed by atoms with Crippen molar-refractivity contribution in [1.82, 2.24) is 5.32 Å². The molecule has 0 amide bonds. The van der Waals surface area contributed by atoms with Gasteiger partial charge in [-0.15, -0.1) is 0 Å². The number of nitrogens with zero attached hydrogens (tertiary/aromatic N) is 2. The summed E-state index contributed by atoms with van der Waals surface area (Å²) < 4.78 is 0. The highest BCUT2D eigenvalue weighted by molar-refractivity contribution is 6.04. The number of hydrogen-bond donors (Lipinski definition) is 1. The van der Waals surface area contributed by atoms with Gasteiger partial charge in [0.05, 0.1) is 0 Å². The lowest BCUT2D eigenvalue weighted by molar-refractivity contribution is 0.551. The van der Waals surface area contributed by atoms with E-state index in [0.29, 0.717) is 0 Å². The van der Waals surface area contributed by atoms with Crippen molar-refractivity contribution in [3.63, 3.8) is 0 Å². The molecule has 88 valence electrons. The molecule has 0 atom stereocenters. The van der Waals surface area contributed by atoms with E-state index in [-0.39, 0.29) is 10.8 Å². The van der Waals surface area contributed by atoms with Gasteiger partial charge in [0.15, 0.2) is 0 Å². The van der Waals surface area contributed by atoms with Gasteiger partial charge < -0.3 is 5.32 Å². The Hall–Kier alpha value is -0.860. The van der Waals surface area contributed by atoms with Crippen molar-refractivity contribution in [3.05, 3.63) is 0 Å². The molecular weight excluding hydrogens is 186 g/mol. The van der Waals surface area contributed by atoms with E-state index in [1.54, 1.807) is 0 Å². The number of rotatable bonds is 0. The molecule has 0 aromatic heterocycles. The summed E-state index contributed by atoms with van der Waals surface area (Å²) in [6, 6.07) is 0. The summed E-state index contributed by atoms with van der Waals surface area (Å²) in [7, 11) is 3.62. The maximum absolute atomic E-state index is 4.29. The van der Waals surface area contributed by atoms with Crippen LogP contribution in [0.15, 0.2) is 9.98 Å². The first-order valence-electron chi connectivity index (χ1n) is 5.34. The zero-order chi connectivity index (χ0) is 12.3.